The van der Waals surface area contributed by atoms with Crippen molar-refractivity contribution in [3.05, 3.63) is 139 Å². The second-order valence-corrected chi connectivity index (χ2v) is 9.21. The molecule has 1 aliphatic heterocycles. The molecule has 5 nitrogen and oxygen atoms in total. The predicted molar refractivity (Wildman–Crippen MR) is 146 cm³/mol. The van der Waals surface area contributed by atoms with Crippen molar-refractivity contribution < 1.29 is 0 Å². The number of para-hydroxylation sites is 2. The van der Waals surface area contributed by atoms with E-state index < -0.39 is 5.54 Å². The van der Waals surface area contributed by atoms with Crippen LogP contribution in [0.5, 0.6) is 0 Å². The zero-order chi connectivity index (χ0) is 24.5. The lowest BCUT2D eigenvalue weighted by molar-refractivity contribution is 0.316. The molecule has 0 spiro atoms. The lowest BCUT2D eigenvalue weighted by Crippen LogP contribution is -2.47. The summed E-state index contributed by atoms with van der Waals surface area (Å²) in [5, 5.41) is 16.8. The first-order valence-electron chi connectivity index (χ1n) is 12.2. The molecule has 2 unspecified atom stereocenters. The van der Waals surface area contributed by atoms with Crippen LogP contribution in [0.25, 0.3) is 11.0 Å². The minimum atomic E-state index is -0.690. The van der Waals surface area contributed by atoms with Crippen molar-refractivity contribution in [3.8, 4) is 0 Å². The van der Waals surface area contributed by atoms with Gasteiger partial charge in [0.1, 0.15) is 17.1 Å². The fraction of sp³-hybridized carbons (Fsp3) is 0.129. The van der Waals surface area contributed by atoms with Gasteiger partial charge in [0.25, 0.3) is 0 Å². The van der Waals surface area contributed by atoms with Gasteiger partial charge in [-0.15, -0.1) is 11.7 Å². The largest absolute Gasteiger partial charge is 0.255 e. The fourth-order valence-corrected chi connectivity index (χ4v) is 5.34. The molecule has 0 amide bonds. The molecule has 0 N–H and O–H groups in total. The van der Waals surface area contributed by atoms with Gasteiger partial charge in [-0.25, -0.2) is 4.68 Å². The second kappa shape index (κ2) is 8.93. The van der Waals surface area contributed by atoms with Crippen LogP contribution in [0.15, 0.2) is 127 Å². The van der Waals surface area contributed by atoms with E-state index in [1.165, 1.54) is 5.56 Å². The summed E-state index contributed by atoms with van der Waals surface area (Å²) in [4.78, 5) is 0. The molecule has 6 rings (SSSR count). The topological polar surface area (TPSA) is 46.3 Å². The zero-order valence-corrected chi connectivity index (χ0v) is 20.2. The van der Waals surface area contributed by atoms with Gasteiger partial charge in [0.15, 0.2) is 0 Å². The third-order valence-corrected chi connectivity index (χ3v) is 6.96. The summed E-state index contributed by atoms with van der Waals surface area (Å²) < 4.78 is 2.07. The summed E-state index contributed by atoms with van der Waals surface area (Å²) in [6.45, 7) is 6.30. The number of hydrogen-bond acceptors (Lipinski definition) is 4. The number of nitrogens with zero attached hydrogens (tertiary/aromatic N) is 5. The molecule has 0 fully saturated rings. The SMILES string of the molecule is C=CCC1(n2nnc3ccccc32)C(c2ccccc2)=NN(c2ccccc2)C1c1ccc(C)cc1. The first kappa shape index (κ1) is 22.0. The molecule has 4 aromatic carbocycles. The van der Waals surface area contributed by atoms with Crippen molar-refractivity contribution in [1.82, 2.24) is 15.0 Å². The normalized spacial score (nSPS) is 19.4. The van der Waals surface area contributed by atoms with E-state index in [9.17, 15) is 0 Å². The van der Waals surface area contributed by atoms with Crippen LogP contribution < -0.4 is 5.01 Å². The van der Waals surface area contributed by atoms with Gasteiger partial charge < -0.3 is 0 Å². The molecule has 176 valence electrons. The van der Waals surface area contributed by atoms with E-state index in [0.29, 0.717) is 6.42 Å². The van der Waals surface area contributed by atoms with Crippen LogP contribution >= 0.6 is 0 Å². The highest BCUT2D eigenvalue weighted by atomic mass is 15.6. The summed E-state index contributed by atoms with van der Waals surface area (Å²) in [5.74, 6) is 0. The zero-order valence-electron chi connectivity index (χ0n) is 20.2. The smallest absolute Gasteiger partial charge is 0.139 e. The Hall–Kier alpha value is -4.51. The van der Waals surface area contributed by atoms with Gasteiger partial charge in [-0.05, 0) is 43.2 Å². The van der Waals surface area contributed by atoms with E-state index in [1.807, 2.05) is 36.4 Å². The third kappa shape index (κ3) is 3.43. The van der Waals surface area contributed by atoms with Crippen LogP contribution in [0.4, 0.5) is 5.69 Å². The monoisotopic (exact) mass is 469 g/mol. The van der Waals surface area contributed by atoms with Gasteiger partial charge in [-0.3, -0.25) is 5.01 Å². The summed E-state index contributed by atoms with van der Waals surface area (Å²) >= 11 is 0. The Labute approximate surface area is 211 Å². The Kier molecular flexibility index (Phi) is 5.45. The molecule has 2 atom stereocenters. The van der Waals surface area contributed by atoms with E-state index in [2.05, 4.69) is 107 Å². The van der Waals surface area contributed by atoms with Crippen molar-refractivity contribution >= 4 is 22.4 Å². The molecule has 0 bridgehead atoms. The van der Waals surface area contributed by atoms with Gasteiger partial charge in [-0.1, -0.05) is 102 Å². The molecule has 5 heteroatoms. The molecular formula is C31H27N5. The molecule has 1 aliphatic rings. The summed E-state index contributed by atoms with van der Waals surface area (Å²) in [6.07, 6.45) is 2.60. The predicted octanol–water partition coefficient (Wildman–Crippen LogP) is 6.68. The highest BCUT2D eigenvalue weighted by molar-refractivity contribution is 6.09. The quantitative estimate of drug-likeness (QED) is 0.261. The lowest BCUT2D eigenvalue weighted by Gasteiger charge is -2.39. The molecular weight excluding hydrogens is 442 g/mol. The van der Waals surface area contributed by atoms with Crippen LogP contribution in [-0.4, -0.2) is 20.7 Å². The number of allylic oxidation sites excluding steroid dienone is 1. The Morgan fingerprint density at radius 1 is 0.833 bits per heavy atom. The number of fused-ring (bicyclic) bond motifs is 1. The van der Waals surface area contributed by atoms with Crippen molar-refractivity contribution in [2.24, 2.45) is 5.10 Å². The lowest BCUT2D eigenvalue weighted by atomic mass is 9.76. The average Bonchev–Trinajstić information content (AvgIpc) is 3.51. The first-order chi connectivity index (χ1) is 17.7. The van der Waals surface area contributed by atoms with E-state index in [4.69, 9.17) is 10.3 Å². The van der Waals surface area contributed by atoms with Crippen LogP contribution in [-0.2, 0) is 5.54 Å². The average molecular weight is 470 g/mol. The molecule has 36 heavy (non-hydrogen) atoms. The Balaban J connectivity index is 1.71. The van der Waals surface area contributed by atoms with E-state index in [1.54, 1.807) is 0 Å². The molecule has 0 saturated carbocycles. The number of aryl methyl sites for hydroxylation is 1. The number of benzene rings is 4. The van der Waals surface area contributed by atoms with Crippen LogP contribution in [0, 0.1) is 6.92 Å². The van der Waals surface area contributed by atoms with Gasteiger partial charge in [0.05, 0.1) is 16.9 Å². The second-order valence-electron chi connectivity index (χ2n) is 9.21. The maximum atomic E-state index is 5.36. The molecule has 0 aliphatic carbocycles. The van der Waals surface area contributed by atoms with E-state index in [0.717, 1.165) is 33.6 Å². The number of aromatic nitrogens is 3. The molecule has 0 radical (unpaired) electrons. The Morgan fingerprint density at radius 3 is 2.22 bits per heavy atom. The summed E-state index contributed by atoms with van der Waals surface area (Å²) in [5.41, 5.74) is 6.51. The fourth-order valence-electron chi connectivity index (χ4n) is 5.34. The molecule has 2 heterocycles. The Morgan fingerprint density at radius 2 is 1.50 bits per heavy atom. The number of hydrazone groups is 1. The molecule has 0 saturated heterocycles. The summed E-state index contributed by atoms with van der Waals surface area (Å²) in [7, 11) is 0. The standard InChI is InChI=1S/C31H27N5/c1-3-22-31(36-28-17-11-10-16-27(28)32-34-36)29(24-12-6-4-7-13-24)33-35(26-14-8-5-9-15-26)30(31)25-20-18-23(2)19-21-25/h3-21,30H,1,22H2,2H3. The van der Waals surface area contributed by atoms with Crippen molar-refractivity contribution in [3.63, 3.8) is 0 Å². The van der Waals surface area contributed by atoms with Crippen LogP contribution in [0.2, 0.25) is 0 Å². The minimum absolute atomic E-state index is 0.182. The maximum absolute atomic E-state index is 5.36. The Bertz CT molecular complexity index is 1540. The van der Waals surface area contributed by atoms with Crippen LogP contribution in [0.3, 0.4) is 0 Å². The first-order valence-corrected chi connectivity index (χ1v) is 12.2. The third-order valence-electron chi connectivity index (χ3n) is 6.96. The van der Waals surface area contributed by atoms with Gasteiger partial charge in [-0.2, -0.15) is 5.10 Å². The van der Waals surface area contributed by atoms with E-state index in [-0.39, 0.29) is 6.04 Å². The minimum Gasteiger partial charge on any atom is -0.255 e. The number of hydrogen-bond donors (Lipinski definition) is 0. The van der Waals surface area contributed by atoms with Gasteiger partial charge >= 0.3 is 0 Å². The highest BCUT2D eigenvalue weighted by Gasteiger charge is 2.55. The summed E-state index contributed by atoms with van der Waals surface area (Å²) in [6, 6.07) is 37.4. The van der Waals surface area contributed by atoms with Crippen molar-refractivity contribution in [2.75, 3.05) is 5.01 Å². The van der Waals surface area contributed by atoms with Crippen LogP contribution in [0.1, 0.15) is 29.2 Å². The van der Waals surface area contributed by atoms with Gasteiger partial charge in [0, 0.05) is 5.56 Å². The number of anilines is 1. The highest BCUT2D eigenvalue weighted by Crippen LogP contribution is 2.50. The van der Waals surface area contributed by atoms with E-state index >= 15 is 0 Å². The van der Waals surface area contributed by atoms with Gasteiger partial charge in [0.2, 0.25) is 0 Å². The maximum Gasteiger partial charge on any atom is 0.139 e. The number of rotatable bonds is 6. The van der Waals surface area contributed by atoms with Crippen molar-refractivity contribution in [1.29, 1.82) is 0 Å². The molecule has 1 aromatic heterocycles. The molecule has 5 aromatic rings. The van der Waals surface area contributed by atoms with Crippen molar-refractivity contribution in [2.45, 2.75) is 24.9 Å².